The summed E-state index contributed by atoms with van der Waals surface area (Å²) < 4.78 is 0. The Labute approximate surface area is 113 Å². The van der Waals surface area contributed by atoms with E-state index < -0.39 is 6.04 Å². The summed E-state index contributed by atoms with van der Waals surface area (Å²) >= 11 is 0. The van der Waals surface area contributed by atoms with Gasteiger partial charge in [-0.05, 0) is 34.6 Å². The first-order chi connectivity index (χ1) is 8.61. The molecule has 1 fully saturated rings. The Morgan fingerprint density at radius 1 is 1.37 bits per heavy atom. The van der Waals surface area contributed by atoms with Crippen molar-refractivity contribution in [1.29, 1.82) is 0 Å². The summed E-state index contributed by atoms with van der Waals surface area (Å²) in [6, 6.07) is -0.726. The number of nitrogens with one attached hydrogen (secondary N) is 2. The van der Waals surface area contributed by atoms with Gasteiger partial charge in [-0.15, -0.1) is 0 Å². The molecule has 1 aliphatic rings. The summed E-state index contributed by atoms with van der Waals surface area (Å²) in [7, 11) is 0. The van der Waals surface area contributed by atoms with E-state index >= 15 is 0 Å². The Bertz CT molecular complexity index is 385. The van der Waals surface area contributed by atoms with Gasteiger partial charge in [0.1, 0.15) is 0 Å². The number of hydrogen-bond acceptors (Lipinski definition) is 4. The second-order valence-corrected chi connectivity index (χ2v) is 6.13. The molecule has 6 nitrogen and oxygen atoms in total. The minimum Gasteiger partial charge on any atom is -0.350 e. The third kappa shape index (κ3) is 4.31. The summed E-state index contributed by atoms with van der Waals surface area (Å²) in [5, 5.41) is 5.64. The third-order valence-corrected chi connectivity index (χ3v) is 2.72. The maximum Gasteiger partial charge on any atom is 0.247 e. The van der Waals surface area contributed by atoms with Crippen molar-refractivity contribution in [2.24, 2.45) is 0 Å². The van der Waals surface area contributed by atoms with Gasteiger partial charge in [0.15, 0.2) is 0 Å². The highest BCUT2D eigenvalue weighted by molar-refractivity contribution is 6.06. The van der Waals surface area contributed by atoms with Crippen LogP contribution in [0.5, 0.6) is 0 Å². The van der Waals surface area contributed by atoms with Gasteiger partial charge < -0.3 is 5.32 Å². The van der Waals surface area contributed by atoms with E-state index in [9.17, 15) is 14.4 Å². The predicted molar refractivity (Wildman–Crippen MR) is 71.3 cm³/mol. The molecule has 1 rings (SSSR count). The summed E-state index contributed by atoms with van der Waals surface area (Å²) in [5.41, 5.74) is -0.307. The maximum absolute atomic E-state index is 12.0. The first-order valence-electron chi connectivity index (χ1n) is 6.52. The van der Waals surface area contributed by atoms with Gasteiger partial charge in [0.2, 0.25) is 17.7 Å². The first kappa shape index (κ1) is 15.6. The van der Waals surface area contributed by atoms with Gasteiger partial charge in [-0.2, -0.15) is 0 Å². The minimum atomic E-state index is -0.583. The van der Waals surface area contributed by atoms with Crippen LogP contribution in [0.25, 0.3) is 0 Å². The number of carbonyl (C=O) groups is 3. The van der Waals surface area contributed by atoms with Crippen molar-refractivity contribution in [3.05, 3.63) is 0 Å². The van der Waals surface area contributed by atoms with E-state index in [2.05, 4.69) is 10.6 Å². The largest absolute Gasteiger partial charge is 0.350 e. The molecule has 1 unspecified atom stereocenters. The SMILES string of the molecule is CC(C)N1C(=O)CC(NCC(=O)NC(C)(C)C)C1=O. The van der Waals surface area contributed by atoms with Crippen LogP contribution in [-0.4, -0.2) is 46.8 Å². The normalized spacial score (nSPS) is 20.3. The lowest BCUT2D eigenvalue weighted by atomic mass is 10.1. The molecule has 1 heterocycles. The van der Waals surface area contributed by atoms with E-state index in [1.54, 1.807) is 13.8 Å². The van der Waals surface area contributed by atoms with E-state index in [4.69, 9.17) is 0 Å². The molecule has 1 atom stereocenters. The topological polar surface area (TPSA) is 78.5 Å². The molecule has 19 heavy (non-hydrogen) atoms. The molecule has 0 aromatic rings. The summed E-state index contributed by atoms with van der Waals surface area (Å²) in [4.78, 5) is 36.5. The standard InChI is InChI=1S/C13H23N3O3/c1-8(2)16-11(18)6-9(12(16)19)14-7-10(17)15-13(3,4)5/h8-9,14H,6-7H2,1-5H3,(H,15,17). The molecule has 6 heteroatoms. The molecule has 108 valence electrons. The van der Waals surface area contributed by atoms with E-state index in [0.717, 1.165) is 0 Å². The summed E-state index contributed by atoms with van der Waals surface area (Å²) in [5.74, 6) is -0.618. The quantitative estimate of drug-likeness (QED) is 0.706. The number of carbonyl (C=O) groups excluding carboxylic acids is 3. The molecular weight excluding hydrogens is 246 g/mol. The fraction of sp³-hybridized carbons (Fsp3) is 0.769. The van der Waals surface area contributed by atoms with Gasteiger partial charge in [0.25, 0.3) is 0 Å². The Morgan fingerprint density at radius 3 is 2.37 bits per heavy atom. The zero-order valence-corrected chi connectivity index (χ0v) is 12.2. The predicted octanol–water partition coefficient (Wildman–Crippen LogP) is 0.0266. The van der Waals surface area contributed by atoms with Crippen LogP contribution in [0.15, 0.2) is 0 Å². The fourth-order valence-electron chi connectivity index (χ4n) is 2.03. The zero-order valence-electron chi connectivity index (χ0n) is 12.2. The number of rotatable bonds is 4. The highest BCUT2D eigenvalue weighted by Crippen LogP contribution is 2.15. The number of hydrogen-bond donors (Lipinski definition) is 2. The van der Waals surface area contributed by atoms with Gasteiger partial charge >= 0.3 is 0 Å². The lowest BCUT2D eigenvalue weighted by Crippen LogP contribution is -2.48. The monoisotopic (exact) mass is 269 g/mol. The number of likely N-dealkylation sites (tertiary alicyclic amines) is 1. The maximum atomic E-state index is 12.0. The number of imide groups is 1. The Morgan fingerprint density at radius 2 is 1.95 bits per heavy atom. The van der Waals surface area contributed by atoms with Crippen LogP contribution < -0.4 is 10.6 Å². The smallest absolute Gasteiger partial charge is 0.247 e. The zero-order chi connectivity index (χ0) is 14.8. The van der Waals surface area contributed by atoms with Crippen molar-refractivity contribution < 1.29 is 14.4 Å². The molecule has 0 aromatic heterocycles. The van der Waals surface area contributed by atoms with E-state index in [1.807, 2.05) is 20.8 Å². The van der Waals surface area contributed by atoms with Crippen molar-refractivity contribution in [3.8, 4) is 0 Å². The van der Waals surface area contributed by atoms with Crippen molar-refractivity contribution in [2.75, 3.05) is 6.54 Å². The lowest BCUT2D eigenvalue weighted by molar-refractivity contribution is -0.140. The number of nitrogens with zero attached hydrogens (tertiary/aromatic N) is 1. The highest BCUT2D eigenvalue weighted by atomic mass is 16.2. The Kier molecular flexibility index (Phi) is 4.68. The summed E-state index contributed by atoms with van der Waals surface area (Å²) in [6.45, 7) is 9.28. The summed E-state index contributed by atoms with van der Waals surface area (Å²) in [6.07, 6.45) is 0.125. The van der Waals surface area contributed by atoms with Crippen molar-refractivity contribution >= 4 is 17.7 Å². The van der Waals surface area contributed by atoms with E-state index in [-0.39, 0.29) is 42.3 Å². The third-order valence-electron chi connectivity index (χ3n) is 2.72. The Balaban J connectivity index is 2.50. The van der Waals surface area contributed by atoms with Gasteiger partial charge in [0, 0.05) is 11.6 Å². The first-order valence-corrected chi connectivity index (χ1v) is 6.52. The van der Waals surface area contributed by atoms with Gasteiger partial charge in [-0.3, -0.25) is 24.6 Å². The molecule has 0 aliphatic carbocycles. The van der Waals surface area contributed by atoms with E-state index in [1.165, 1.54) is 4.90 Å². The van der Waals surface area contributed by atoms with Crippen LogP contribution in [0.2, 0.25) is 0 Å². The average Bonchev–Trinajstić information content (AvgIpc) is 2.48. The molecule has 0 aromatic carbocycles. The van der Waals surface area contributed by atoms with Gasteiger partial charge in [0.05, 0.1) is 19.0 Å². The van der Waals surface area contributed by atoms with Crippen molar-refractivity contribution in [2.45, 2.75) is 58.7 Å². The highest BCUT2D eigenvalue weighted by Gasteiger charge is 2.39. The van der Waals surface area contributed by atoms with Crippen LogP contribution in [-0.2, 0) is 14.4 Å². The average molecular weight is 269 g/mol. The van der Waals surface area contributed by atoms with Gasteiger partial charge in [-0.1, -0.05) is 0 Å². The molecule has 0 spiro atoms. The van der Waals surface area contributed by atoms with Crippen LogP contribution in [0.1, 0.15) is 41.0 Å². The van der Waals surface area contributed by atoms with Crippen LogP contribution in [0, 0.1) is 0 Å². The minimum absolute atomic E-state index is 0.0346. The van der Waals surface area contributed by atoms with Crippen molar-refractivity contribution in [1.82, 2.24) is 15.5 Å². The molecule has 1 aliphatic heterocycles. The van der Waals surface area contributed by atoms with Crippen LogP contribution in [0.4, 0.5) is 0 Å². The van der Waals surface area contributed by atoms with Crippen molar-refractivity contribution in [3.63, 3.8) is 0 Å². The molecule has 0 radical (unpaired) electrons. The molecule has 0 saturated carbocycles. The van der Waals surface area contributed by atoms with Crippen LogP contribution >= 0.6 is 0 Å². The lowest BCUT2D eigenvalue weighted by Gasteiger charge is -2.21. The van der Waals surface area contributed by atoms with Crippen LogP contribution in [0.3, 0.4) is 0 Å². The molecule has 3 amide bonds. The van der Waals surface area contributed by atoms with E-state index in [0.29, 0.717) is 0 Å². The second kappa shape index (κ2) is 5.69. The molecular formula is C13H23N3O3. The Hall–Kier alpha value is -1.43. The number of amides is 3. The molecule has 2 N–H and O–H groups in total. The van der Waals surface area contributed by atoms with Gasteiger partial charge in [-0.25, -0.2) is 0 Å². The second-order valence-electron chi connectivity index (χ2n) is 6.13. The molecule has 0 bridgehead atoms. The molecule has 1 saturated heterocycles. The fourth-order valence-corrected chi connectivity index (χ4v) is 2.03.